The summed E-state index contributed by atoms with van der Waals surface area (Å²) in [4.78, 5) is 38.3. The number of ether oxygens (including phenoxy) is 3. The van der Waals surface area contributed by atoms with Gasteiger partial charge in [0.1, 0.15) is 13.2 Å². The van der Waals surface area contributed by atoms with Gasteiger partial charge in [-0.25, -0.2) is 0 Å². The van der Waals surface area contributed by atoms with Crippen LogP contribution in [-0.4, -0.2) is 37.2 Å². The van der Waals surface area contributed by atoms with Crippen molar-refractivity contribution in [1.82, 2.24) is 0 Å². The van der Waals surface area contributed by atoms with Crippen LogP contribution in [-0.2, 0) is 28.6 Å². The van der Waals surface area contributed by atoms with Crippen LogP contribution >= 0.6 is 0 Å². The maximum atomic E-state index is 12.9. The molecule has 0 amide bonds. The average Bonchev–Trinajstić information content (AvgIpc) is 3.47. The van der Waals surface area contributed by atoms with Gasteiger partial charge in [0.2, 0.25) is 0 Å². The summed E-state index contributed by atoms with van der Waals surface area (Å²) in [6.07, 6.45) is 93.9. The molecule has 1 atom stereocenters. The quantitative estimate of drug-likeness (QED) is 0.0261. The molecule has 6 heteroatoms. The fourth-order valence-electron chi connectivity index (χ4n) is 9.63. The highest BCUT2D eigenvalue weighted by Gasteiger charge is 2.19. The number of unbranched alkanes of at least 4 members (excludes halogenated alkanes) is 33. The van der Waals surface area contributed by atoms with Crippen LogP contribution in [0.2, 0.25) is 0 Å². The van der Waals surface area contributed by atoms with Crippen LogP contribution in [0.3, 0.4) is 0 Å². The molecule has 464 valence electrons. The van der Waals surface area contributed by atoms with Crippen molar-refractivity contribution in [2.24, 2.45) is 0 Å². The normalized spacial score (nSPS) is 12.8. The first kappa shape index (κ1) is 77.1. The van der Waals surface area contributed by atoms with E-state index in [1.165, 1.54) is 167 Å². The fraction of sp³-hybridized carbons (Fsp3) is 0.720. The summed E-state index contributed by atoms with van der Waals surface area (Å²) in [5, 5.41) is 0. The van der Waals surface area contributed by atoms with Crippen molar-refractivity contribution in [1.29, 1.82) is 0 Å². The molecule has 0 saturated carbocycles. The molecule has 0 rings (SSSR count). The first-order valence-corrected chi connectivity index (χ1v) is 34.4. The topological polar surface area (TPSA) is 78.9 Å². The lowest BCUT2D eigenvalue weighted by Crippen LogP contribution is -2.30. The van der Waals surface area contributed by atoms with Crippen molar-refractivity contribution in [2.75, 3.05) is 13.2 Å². The molecule has 0 aromatic rings. The van der Waals surface area contributed by atoms with Crippen LogP contribution in [0.1, 0.15) is 329 Å². The van der Waals surface area contributed by atoms with Gasteiger partial charge >= 0.3 is 17.9 Å². The summed E-state index contributed by atoms with van der Waals surface area (Å²) in [6, 6.07) is 0. The molecule has 0 fully saturated rings. The fourth-order valence-corrected chi connectivity index (χ4v) is 9.63. The Kier molecular flexibility index (Phi) is 65.2. The number of rotatable bonds is 62. The van der Waals surface area contributed by atoms with E-state index in [9.17, 15) is 14.4 Å². The highest BCUT2D eigenvalue weighted by molar-refractivity contribution is 5.71. The molecule has 81 heavy (non-hydrogen) atoms. The zero-order valence-electron chi connectivity index (χ0n) is 53.3. The van der Waals surface area contributed by atoms with E-state index < -0.39 is 6.10 Å². The molecule has 0 aromatic carbocycles. The Balaban J connectivity index is 4.25. The van der Waals surface area contributed by atoms with Crippen LogP contribution in [0.5, 0.6) is 0 Å². The van der Waals surface area contributed by atoms with E-state index in [1.54, 1.807) is 0 Å². The molecule has 1 unspecified atom stereocenters. The summed E-state index contributed by atoms with van der Waals surface area (Å²) in [6.45, 7) is 6.52. The molecule has 0 bridgehead atoms. The Morgan fingerprint density at radius 1 is 0.259 bits per heavy atom. The largest absolute Gasteiger partial charge is 0.462 e. The second-order valence-electron chi connectivity index (χ2n) is 22.7. The van der Waals surface area contributed by atoms with Gasteiger partial charge in [-0.2, -0.15) is 0 Å². The van der Waals surface area contributed by atoms with Gasteiger partial charge in [0.25, 0.3) is 0 Å². The van der Waals surface area contributed by atoms with E-state index in [0.29, 0.717) is 19.3 Å². The van der Waals surface area contributed by atoms with E-state index in [1.807, 2.05) is 0 Å². The minimum Gasteiger partial charge on any atom is -0.462 e. The Bertz CT molecular complexity index is 1620. The van der Waals surface area contributed by atoms with Crippen molar-refractivity contribution >= 4 is 17.9 Å². The lowest BCUT2D eigenvalue weighted by atomic mass is 10.0. The predicted molar refractivity (Wildman–Crippen MR) is 353 cm³/mol. The van der Waals surface area contributed by atoms with Crippen LogP contribution in [0.15, 0.2) is 109 Å². The first-order valence-electron chi connectivity index (χ1n) is 34.4. The zero-order chi connectivity index (χ0) is 58.5. The van der Waals surface area contributed by atoms with Crippen molar-refractivity contribution in [3.63, 3.8) is 0 Å². The molecule has 0 aliphatic rings. The molecule has 0 spiro atoms. The van der Waals surface area contributed by atoms with Gasteiger partial charge in [0.15, 0.2) is 6.10 Å². The summed E-state index contributed by atoms with van der Waals surface area (Å²) >= 11 is 0. The molecule has 0 aliphatic heterocycles. The molecule has 0 aromatic heterocycles. The van der Waals surface area contributed by atoms with E-state index in [4.69, 9.17) is 14.2 Å². The van der Waals surface area contributed by atoms with E-state index in [-0.39, 0.29) is 31.1 Å². The highest BCUT2D eigenvalue weighted by atomic mass is 16.6. The molecule has 0 radical (unpaired) electrons. The summed E-state index contributed by atoms with van der Waals surface area (Å²) in [5.41, 5.74) is 0. The highest BCUT2D eigenvalue weighted by Crippen LogP contribution is 2.16. The van der Waals surface area contributed by atoms with Gasteiger partial charge in [-0.05, 0) is 109 Å². The van der Waals surface area contributed by atoms with E-state index in [2.05, 4.69) is 130 Å². The van der Waals surface area contributed by atoms with Gasteiger partial charge in [0.05, 0.1) is 0 Å². The minimum absolute atomic E-state index is 0.0810. The lowest BCUT2D eigenvalue weighted by Gasteiger charge is -2.18. The smallest absolute Gasteiger partial charge is 0.306 e. The number of carbonyl (C=O) groups excluding carboxylic acids is 3. The third-order valence-corrected chi connectivity index (χ3v) is 14.8. The third-order valence-electron chi connectivity index (χ3n) is 14.8. The number of esters is 3. The Morgan fingerprint density at radius 3 is 0.753 bits per heavy atom. The maximum Gasteiger partial charge on any atom is 0.306 e. The van der Waals surface area contributed by atoms with Crippen molar-refractivity contribution in [3.05, 3.63) is 109 Å². The Labute approximate surface area is 501 Å². The standard InChI is InChI=1S/C75H128O6/c1-4-7-10-13-16-19-22-24-26-28-30-32-33-34-35-36-37-38-39-40-41-43-44-46-48-50-53-56-59-62-65-68-74(77)80-71-72(70-79-73(76)67-64-61-58-55-52-21-18-15-12-9-6-3)81-75(78)69-66-63-60-57-54-51-49-47-45-42-31-29-27-25-23-20-17-14-11-8-5-2/h7,10,16,19,23-26,29-32,34-35,37-38,45,47,72H,4-6,8-9,11-15,17-18,20-22,27-28,33,36,39-44,46,48-71H2,1-3H3/b10-7-,19-16-,25-23-,26-24-,31-29-,32-30-,35-34-,38-37-,47-45-. The lowest BCUT2D eigenvalue weighted by molar-refractivity contribution is -0.167. The predicted octanol–water partition coefficient (Wildman–Crippen LogP) is 23.8. The number of hydrogen-bond acceptors (Lipinski definition) is 6. The zero-order valence-corrected chi connectivity index (χ0v) is 53.3. The van der Waals surface area contributed by atoms with Crippen molar-refractivity contribution in [2.45, 2.75) is 335 Å². The van der Waals surface area contributed by atoms with E-state index in [0.717, 1.165) is 122 Å². The summed E-state index contributed by atoms with van der Waals surface area (Å²) < 4.78 is 16.9. The monoisotopic (exact) mass is 1120 g/mol. The summed E-state index contributed by atoms with van der Waals surface area (Å²) in [7, 11) is 0. The average molecular weight is 1130 g/mol. The molecule has 0 saturated heterocycles. The molecule has 0 aliphatic carbocycles. The third kappa shape index (κ3) is 66.8. The van der Waals surface area contributed by atoms with Crippen molar-refractivity contribution in [3.8, 4) is 0 Å². The molecular formula is C75H128O6. The Hall–Kier alpha value is -3.93. The van der Waals surface area contributed by atoms with E-state index >= 15 is 0 Å². The molecule has 6 nitrogen and oxygen atoms in total. The maximum absolute atomic E-state index is 12.9. The van der Waals surface area contributed by atoms with Gasteiger partial charge in [-0.1, -0.05) is 310 Å². The second-order valence-corrected chi connectivity index (χ2v) is 22.7. The van der Waals surface area contributed by atoms with Gasteiger partial charge in [-0.3, -0.25) is 14.4 Å². The number of carbonyl (C=O) groups is 3. The van der Waals surface area contributed by atoms with Gasteiger partial charge in [0, 0.05) is 19.3 Å². The molecular weight excluding hydrogens is 997 g/mol. The second kappa shape index (κ2) is 68.6. The van der Waals surface area contributed by atoms with Crippen LogP contribution in [0.4, 0.5) is 0 Å². The van der Waals surface area contributed by atoms with Gasteiger partial charge in [-0.15, -0.1) is 0 Å². The minimum atomic E-state index is -0.786. The van der Waals surface area contributed by atoms with Crippen LogP contribution in [0.25, 0.3) is 0 Å². The van der Waals surface area contributed by atoms with Gasteiger partial charge < -0.3 is 14.2 Å². The first-order chi connectivity index (χ1) is 40.0. The number of hydrogen-bond donors (Lipinski definition) is 0. The van der Waals surface area contributed by atoms with Crippen LogP contribution in [0, 0.1) is 0 Å². The van der Waals surface area contributed by atoms with Crippen LogP contribution < -0.4 is 0 Å². The SMILES string of the molecule is CC/C=C\C/C=C\C/C=C\C/C=C\C/C=C\C/C=C\CCCCCCCCCCCCCCC(=O)OCC(COC(=O)CCCCCCCCCCCCC)OC(=O)CCCCCCCC/C=C\C/C=C\C/C=C\CCCCCCC. The summed E-state index contributed by atoms with van der Waals surface area (Å²) in [5.74, 6) is -0.885. The molecule has 0 heterocycles. The van der Waals surface area contributed by atoms with Crippen molar-refractivity contribution < 1.29 is 28.6 Å². The number of allylic oxidation sites excluding steroid dienone is 18. The molecule has 0 N–H and O–H groups in total. The Morgan fingerprint density at radius 2 is 0.481 bits per heavy atom.